The van der Waals surface area contributed by atoms with Gasteiger partial charge in [0.15, 0.2) is 18.5 Å². The number of carboxylic acid groups (broad SMARTS) is 1. The number of aliphatic hydroxyl groups is 3. The van der Waals surface area contributed by atoms with Gasteiger partial charge in [0.05, 0.1) is 6.61 Å². The Hall–Kier alpha value is -2.83. The maximum absolute atomic E-state index is 12.7. The summed E-state index contributed by atoms with van der Waals surface area (Å²) < 4.78 is 21.6. The number of aliphatic carboxylic acids is 1. The SMILES string of the molecule is CC/C=C\C/C=C\C/C=C\CCCCCCCCCC(=O)OCC(COC1OC(C(=O)O)C(O)C(O)C1O)OC(=O)CCCCCCC/C=C\CCCC. The van der Waals surface area contributed by atoms with Gasteiger partial charge >= 0.3 is 17.9 Å². The molecule has 54 heavy (non-hydrogen) atoms. The molecule has 4 N–H and O–H groups in total. The van der Waals surface area contributed by atoms with E-state index in [4.69, 9.17) is 18.9 Å². The van der Waals surface area contributed by atoms with Gasteiger partial charge in [0.2, 0.25) is 0 Å². The highest BCUT2D eigenvalue weighted by Gasteiger charge is 2.47. The molecular formula is C43H72O11. The summed E-state index contributed by atoms with van der Waals surface area (Å²) in [6, 6.07) is 0. The molecule has 6 unspecified atom stereocenters. The third-order valence-electron chi connectivity index (χ3n) is 9.16. The number of allylic oxidation sites excluding steroid dienone is 8. The molecule has 0 saturated carbocycles. The number of hydrogen-bond acceptors (Lipinski definition) is 10. The Labute approximate surface area is 324 Å². The summed E-state index contributed by atoms with van der Waals surface area (Å²) in [7, 11) is 0. The lowest BCUT2D eigenvalue weighted by Gasteiger charge is -2.38. The molecule has 0 bridgehead atoms. The molecule has 0 aromatic rings. The Morgan fingerprint density at radius 1 is 0.593 bits per heavy atom. The molecule has 1 rings (SSSR count). The van der Waals surface area contributed by atoms with E-state index in [1.165, 1.54) is 25.7 Å². The van der Waals surface area contributed by atoms with Gasteiger partial charge in [0.1, 0.15) is 24.9 Å². The largest absolute Gasteiger partial charge is 0.479 e. The summed E-state index contributed by atoms with van der Waals surface area (Å²) in [5.41, 5.74) is 0. The second kappa shape index (κ2) is 33.5. The van der Waals surface area contributed by atoms with Gasteiger partial charge in [-0.05, 0) is 64.2 Å². The molecule has 11 heteroatoms. The van der Waals surface area contributed by atoms with Crippen LogP contribution >= 0.6 is 0 Å². The Morgan fingerprint density at radius 2 is 1.09 bits per heavy atom. The van der Waals surface area contributed by atoms with Gasteiger partial charge in [-0.2, -0.15) is 0 Å². The number of carbonyl (C=O) groups is 3. The van der Waals surface area contributed by atoms with E-state index < -0.39 is 61.3 Å². The highest BCUT2D eigenvalue weighted by atomic mass is 16.7. The van der Waals surface area contributed by atoms with Crippen molar-refractivity contribution in [2.75, 3.05) is 13.2 Å². The molecule has 11 nitrogen and oxygen atoms in total. The second-order valence-corrected chi connectivity index (χ2v) is 14.1. The number of carbonyl (C=O) groups excluding carboxylic acids is 2. The fourth-order valence-electron chi connectivity index (χ4n) is 5.87. The van der Waals surface area contributed by atoms with Crippen molar-refractivity contribution in [2.45, 2.75) is 192 Å². The summed E-state index contributed by atoms with van der Waals surface area (Å²) in [4.78, 5) is 36.7. The van der Waals surface area contributed by atoms with Crippen LogP contribution in [0.1, 0.15) is 155 Å². The maximum atomic E-state index is 12.7. The van der Waals surface area contributed by atoms with Crippen LogP contribution < -0.4 is 0 Å². The molecule has 0 radical (unpaired) electrons. The van der Waals surface area contributed by atoms with Crippen LogP contribution in [-0.2, 0) is 33.3 Å². The molecule has 0 aromatic carbocycles. The molecule has 6 atom stereocenters. The summed E-state index contributed by atoms with van der Waals surface area (Å²) in [5.74, 6) is -2.48. The van der Waals surface area contributed by atoms with Crippen LogP contribution in [0.5, 0.6) is 0 Å². The maximum Gasteiger partial charge on any atom is 0.335 e. The fourth-order valence-corrected chi connectivity index (χ4v) is 5.87. The van der Waals surface area contributed by atoms with Gasteiger partial charge in [0, 0.05) is 12.8 Å². The number of hydrogen-bond donors (Lipinski definition) is 4. The van der Waals surface area contributed by atoms with Crippen LogP contribution in [0.15, 0.2) is 48.6 Å². The Kier molecular flexibility index (Phi) is 30.5. The highest BCUT2D eigenvalue weighted by Crippen LogP contribution is 2.23. The predicted octanol–water partition coefficient (Wildman–Crippen LogP) is 8.20. The molecule has 1 aliphatic rings. The second-order valence-electron chi connectivity index (χ2n) is 14.1. The summed E-state index contributed by atoms with van der Waals surface area (Å²) in [6.45, 7) is 3.62. The molecule has 0 aromatic heterocycles. The minimum Gasteiger partial charge on any atom is -0.479 e. The molecule has 310 valence electrons. The average molecular weight is 765 g/mol. The lowest BCUT2D eigenvalue weighted by Crippen LogP contribution is -2.60. The number of unbranched alkanes of at least 4 members (excludes halogenated alkanes) is 14. The molecule has 0 amide bonds. The van der Waals surface area contributed by atoms with Gasteiger partial charge in [-0.25, -0.2) is 4.79 Å². The van der Waals surface area contributed by atoms with Gasteiger partial charge in [-0.1, -0.05) is 127 Å². The smallest absolute Gasteiger partial charge is 0.335 e. The average Bonchev–Trinajstić information content (AvgIpc) is 3.15. The molecule has 1 aliphatic heterocycles. The zero-order valence-electron chi connectivity index (χ0n) is 33.2. The van der Waals surface area contributed by atoms with Gasteiger partial charge in [0.25, 0.3) is 0 Å². The van der Waals surface area contributed by atoms with Gasteiger partial charge in [-0.15, -0.1) is 0 Å². The van der Waals surface area contributed by atoms with Crippen LogP contribution in [0.2, 0.25) is 0 Å². The monoisotopic (exact) mass is 765 g/mol. The predicted molar refractivity (Wildman–Crippen MR) is 211 cm³/mol. The van der Waals surface area contributed by atoms with E-state index in [0.29, 0.717) is 12.8 Å². The van der Waals surface area contributed by atoms with Crippen molar-refractivity contribution in [1.82, 2.24) is 0 Å². The number of carboxylic acids is 1. The van der Waals surface area contributed by atoms with E-state index in [2.05, 4.69) is 62.5 Å². The van der Waals surface area contributed by atoms with Crippen molar-refractivity contribution in [3.63, 3.8) is 0 Å². The van der Waals surface area contributed by atoms with Crippen molar-refractivity contribution < 1.29 is 53.8 Å². The van der Waals surface area contributed by atoms with Crippen LogP contribution in [0.25, 0.3) is 0 Å². The quantitative estimate of drug-likeness (QED) is 0.0289. The van der Waals surface area contributed by atoms with Crippen LogP contribution in [0.3, 0.4) is 0 Å². The molecule has 0 aliphatic carbocycles. The van der Waals surface area contributed by atoms with Crippen molar-refractivity contribution in [3.8, 4) is 0 Å². The standard InChI is InChI=1S/C43H72O11/c1-3-5-7-9-11-13-15-16-17-18-19-20-22-23-25-27-29-31-36(44)51-33-35(34-52-43-40(48)38(46)39(47)41(54-43)42(49)50)53-37(45)32-30-28-26-24-21-14-12-10-8-6-4-2/h5,7,10-13,16-17,35,38-41,43,46-48H,3-4,6,8-9,14-15,18-34H2,1-2H3,(H,49,50)/b7-5-,12-10-,13-11-,17-16-. The zero-order chi connectivity index (χ0) is 39.7. The van der Waals surface area contributed by atoms with E-state index in [-0.39, 0.29) is 19.4 Å². The van der Waals surface area contributed by atoms with Crippen LogP contribution in [0, 0.1) is 0 Å². The van der Waals surface area contributed by atoms with Crippen molar-refractivity contribution in [2.24, 2.45) is 0 Å². The fraction of sp³-hybridized carbons (Fsp3) is 0.744. The first-order valence-corrected chi connectivity index (χ1v) is 20.7. The van der Waals surface area contributed by atoms with Gasteiger partial charge < -0.3 is 39.4 Å². The normalized spacial score (nSPS) is 21.1. The van der Waals surface area contributed by atoms with E-state index in [9.17, 15) is 34.8 Å². The number of ether oxygens (including phenoxy) is 4. The zero-order valence-corrected chi connectivity index (χ0v) is 33.2. The lowest BCUT2D eigenvalue weighted by molar-refractivity contribution is -0.298. The topological polar surface area (TPSA) is 169 Å². The van der Waals surface area contributed by atoms with E-state index in [0.717, 1.165) is 89.9 Å². The highest BCUT2D eigenvalue weighted by molar-refractivity contribution is 5.73. The summed E-state index contributed by atoms with van der Waals surface area (Å²) in [6.07, 6.45) is 28.8. The molecule has 1 fully saturated rings. The minimum atomic E-state index is -1.86. The minimum absolute atomic E-state index is 0.168. The van der Waals surface area contributed by atoms with E-state index >= 15 is 0 Å². The third kappa shape index (κ3) is 25.3. The Bertz CT molecular complexity index is 1090. The molecular weight excluding hydrogens is 692 g/mol. The van der Waals surface area contributed by atoms with Crippen LogP contribution in [-0.4, -0.2) is 88.4 Å². The van der Waals surface area contributed by atoms with E-state index in [1.54, 1.807) is 0 Å². The molecule has 0 spiro atoms. The first kappa shape index (κ1) is 49.2. The van der Waals surface area contributed by atoms with Crippen molar-refractivity contribution in [3.05, 3.63) is 48.6 Å². The van der Waals surface area contributed by atoms with Crippen molar-refractivity contribution in [1.29, 1.82) is 0 Å². The summed E-state index contributed by atoms with van der Waals surface area (Å²) >= 11 is 0. The Balaban J connectivity index is 2.40. The van der Waals surface area contributed by atoms with Crippen LogP contribution in [0.4, 0.5) is 0 Å². The molecule has 1 heterocycles. The molecule has 1 saturated heterocycles. The number of aliphatic hydroxyl groups excluding tert-OH is 3. The van der Waals surface area contributed by atoms with Gasteiger partial charge in [-0.3, -0.25) is 9.59 Å². The number of esters is 2. The Morgan fingerprint density at radius 3 is 1.67 bits per heavy atom. The summed E-state index contributed by atoms with van der Waals surface area (Å²) in [5, 5.41) is 39.7. The first-order valence-electron chi connectivity index (χ1n) is 20.7. The van der Waals surface area contributed by atoms with E-state index in [1.807, 2.05) is 0 Å². The number of rotatable bonds is 33. The third-order valence-corrected chi connectivity index (χ3v) is 9.16. The van der Waals surface area contributed by atoms with Crippen molar-refractivity contribution >= 4 is 17.9 Å². The lowest BCUT2D eigenvalue weighted by atomic mass is 9.99. The first-order chi connectivity index (χ1) is 26.2.